The SMILES string of the molecule is COC(=O)[C@H](C)N(OC[C@H]1O[C@@H](n2cnc3c(NC4CCCC4)nc(N)nc32)[C@](C)(F)[C@@H]1O)[PH](=O)Oc1ccccc1. The first kappa shape index (κ1) is 30.1. The predicted molar refractivity (Wildman–Crippen MR) is 150 cm³/mol. The van der Waals surface area contributed by atoms with Gasteiger partial charge in [0.1, 0.15) is 24.0 Å². The Labute approximate surface area is 242 Å². The monoisotopic (exact) mass is 607 g/mol. The van der Waals surface area contributed by atoms with Gasteiger partial charge >= 0.3 is 14.1 Å². The van der Waals surface area contributed by atoms with E-state index in [-0.39, 0.29) is 23.4 Å². The molecule has 1 saturated heterocycles. The Morgan fingerprint density at radius 3 is 2.74 bits per heavy atom. The third kappa shape index (κ3) is 6.06. The Kier molecular flexibility index (Phi) is 8.94. The number of nitrogen functional groups attached to an aromatic ring is 1. The first-order valence-corrected chi connectivity index (χ1v) is 14.9. The molecule has 4 N–H and O–H groups in total. The number of benzene rings is 1. The van der Waals surface area contributed by atoms with Crippen molar-refractivity contribution in [3.8, 4) is 5.75 Å². The lowest BCUT2D eigenvalue weighted by Gasteiger charge is -2.27. The molecule has 0 amide bonds. The van der Waals surface area contributed by atoms with Crippen LogP contribution in [0.5, 0.6) is 5.75 Å². The number of carbonyl (C=O) groups excluding carboxylic acids is 1. The maximum Gasteiger partial charge on any atom is 0.331 e. The Balaban J connectivity index is 1.35. The summed E-state index contributed by atoms with van der Waals surface area (Å²) in [5, 5.41) is 14.3. The lowest BCUT2D eigenvalue weighted by atomic mass is 9.98. The normalized spacial score (nSPS) is 26.0. The molecule has 16 heteroatoms. The fourth-order valence-electron chi connectivity index (χ4n) is 5.20. The van der Waals surface area contributed by atoms with E-state index in [0.29, 0.717) is 11.3 Å². The van der Waals surface area contributed by atoms with Crippen LogP contribution in [0.1, 0.15) is 45.8 Å². The molecule has 5 rings (SSSR count). The van der Waals surface area contributed by atoms with E-state index in [1.54, 1.807) is 30.3 Å². The maximum absolute atomic E-state index is 16.1. The highest BCUT2D eigenvalue weighted by Crippen LogP contribution is 2.43. The van der Waals surface area contributed by atoms with E-state index in [1.165, 1.54) is 31.9 Å². The number of halogens is 1. The van der Waals surface area contributed by atoms with Gasteiger partial charge in [-0.2, -0.15) is 9.97 Å². The van der Waals surface area contributed by atoms with E-state index in [1.807, 2.05) is 0 Å². The van der Waals surface area contributed by atoms with Crippen LogP contribution in [0, 0.1) is 0 Å². The molecule has 1 saturated carbocycles. The highest BCUT2D eigenvalue weighted by atomic mass is 31.1. The molecule has 42 heavy (non-hydrogen) atoms. The molecule has 3 heterocycles. The number of esters is 1. The zero-order valence-corrected chi connectivity index (χ0v) is 24.5. The van der Waals surface area contributed by atoms with E-state index >= 15 is 4.39 Å². The summed E-state index contributed by atoms with van der Waals surface area (Å²) < 4.78 is 46.8. The minimum absolute atomic E-state index is 0.0280. The number of hydroxylamine groups is 1. The number of nitrogens with one attached hydrogen (secondary N) is 1. The lowest BCUT2D eigenvalue weighted by Crippen LogP contribution is -2.42. The van der Waals surface area contributed by atoms with Gasteiger partial charge in [0.2, 0.25) is 5.95 Å². The first-order valence-electron chi connectivity index (χ1n) is 13.7. The van der Waals surface area contributed by atoms with E-state index in [4.69, 9.17) is 24.6 Å². The Hall–Kier alpha value is -3.36. The molecule has 14 nitrogen and oxygen atoms in total. The van der Waals surface area contributed by atoms with E-state index < -0.39 is 50.9 Å². The van der Waals surface area contributed by atoms with Gasteiger partial charge in [-0.1, -0.05) is 35.9 Å². The number of fused-ring (bicyclic) bond motifs is 1. The zero-order chi connectivity index (χ0) is 30.0. The molecule has 0 radical (unpaired) electrons. The topological polar surface area (TPSA) is 176 Å². The average Bonchev–Trinajstić information content (AvgIpc) is 3.68. The molecule has 3 aromatic rings. The van der Waals surface area contributed by atoms with Gasteiger partial charge in [-0.15, -0.1) is 0 Å². The summed E-state index contributed by atoms with van der Waals surface area (Å²) in [6.07, 6.45) is 1.26. The zero-order valence-electron chi connectivity index (χ0n) is 23.5. The highest BCUT2D eigenvalue weighted by Gasteiger charge is 2.56. The van der Waals surface area contributed by atoms with Crippen LogP contribution in [0.4, 0.5) is 16.2 Å². The molecule has 1 aliphatic carbocycles. The number of nitrogens with two attached hydrogens (primary N) is 1. The second-order valence-corrected chi connectivity index (χ2v) is 11.7. The number of alkyl halides is 1. The molecule has 1 aliphatic heterocycles. The van der Waals surface area contributed by atoms with Crippen molar-refractivity contribution in [1.29, 1.82) is 0 Å². The largest absolute Gasteiger partial charge is 0.468 e. The Morgan fingerprint density at radius 2 is 2.05 bits per heavy atom. The van der Waals surface area contributed by atoms with Crippen molar-refractivity contribution in [3.63, 3.8) is 0 Å². The van der Waals surface area contributed by atoms with Crippen molar-refractivity contribution < 1.29 is 37.7 Å². The number of imidazole rings is 1. The van der Waals surface area contributed by atoms with Gasteiger partial charge < -0.3 is 30.2 Å². The smallest absolute Gasteiger partial charge is 0.331 e. The van der Waals surface area contributed by atoms with Crippen LogP contribution >= 0.6 is 8.18 Å². The van der Waals surface area contributed by atoms with Gasteiger partial charge in [0.15, 0.2) is 28.9 Å². The highest BCUT2D eigenvalue weighted by molar-refractivity contribution is 7.36. The lowest BCUT2D eigenvalue weighted by molar-refractivity contribution is -0.179. The van der Waals surface area contributed by atoms with Crippen LogP contribution in [0.3, 0.4) is 0 Å². The number of ether oxygens (including phenoxy) is 2. The van der Waals surface area contributed by atoms with Gasteiger partial charge in [-0.3, -0.25) is 18.8 Å². The first-order chi connectivity index (χ1) is 20.1. The van der Waals surface area contributed by atoms with Crippen molar-refractivity contribution in [2.45, 2.75) is 75.7 Å². The number of aliphatic hydroxyl groups excluding tert-OH is 1. The summed E-state index contributed by atoms with van der Waals surface area (Å²) in [5.74, 6) is -0.0382. The van der Waals surface area contributed by atoms with Crippen LogP contribution in [-0.4, -0.2) is 79.1 Å². The molecule has 2 fully saturated rings. The molecule has 0 spiro atoms. The summed E-state index contributed by atoms with van der Waals surface area (Å²) in [6.45, 7) is 2.13. The molecule has 6 atom stereocenters. The van der Waals surface area contributed by atoms with Crippen LogP contribution in [0.15, 0.2) is 36.7 Å². The number of hydrogen-bond acceptors (Lipinski definition) is 12. The summed E-state index contributed by atoms with van der Waals surface area (Å²) >= 11 is 0. The molecule has 0 bridgehead atoms. The predicted octanol–water partition coefficient (Wildman–Crippen LogP) is 3.01. The van der Waals surface area contributed by atoms with Gasteiger partial charge in [-0.25, -0.2) is 9.37 Å². The quantitative estimate of drug-likeness (QED) is 0.165. The number of rotatable bonds is 11. The van der Waals surface area contributed by atoms with Crippen molar-refractivity contribution >= 4 is 37.1 Å². The summed E-state index contributed by atoms with van der Waals surface area (Å²) in [6, 6.07) is 7.39. The van der Waals surface area contributed by atoms with E-state index in [9.17, 15) is 14.5 Å². The molecule has 1 unspecified atom stereocenters. The van der Waals surface area contributed by atoms with Gasteiger partial charge in [0.05, 0.1) is 20.0 Å². The van der Waals surface area contributed by atoms with Gasteiger partial charge in [0, 0.05) is 6.04 Å². The number of carbonyl (C=O) groups is 1. The van der Waals surface area contributed by atoms with E-state index in [0.717, 1.165) is 30.5 Å². The molecule has 228 valence electrons. The fourth-order valence-corrected chi connectivity index (χ4v) is 6.23. The molecule has 1 aromatic carbocycles. The molecule has 2 aliphatic rings. The Morgan fingerprint density at radius 1 is 1.33 bits per heavy atom. The summed E-state index contributed by atoms with van der Waals surface area (Å²) in [4.78, 5) is 31.8. The number of methoxy groups -OCH3 is 1. The fraction of sp³-hybridized carbons (Fsp3) is 0.538. The second-order valence-electron chi connectivity index (χ2n) is 10.5. The van der Waals surface area contributed by atoms with Gasteiger partial charge in [0.25, 0.3) is 0 Å². The molecule has 2 aromatic heterocycles. The number of para-hydroxylation sites is 1. The summed E-state index contributed by atoms with van der Waals surface area (Å²) in [5.41, 5.74) is 4.28. The molecular formula is C26H35FN7O7P. The number of aliphatic hydroxyl groups is 1. The van der Waals surface area contributed by atoms with Crippen molar-refractivity contribution in [3.05, 3.63) is 36.7 Å². The van der Waals surface area contributed by atoms with Crippen LogP contribution in [0.2, 0.25) is 0 Å². The number of aromatic nitrogens is 4. The minimum atomic E-state index is -3.20. The summed E-state index contributed by atoms with van der Waals surface area (Å²) in [7, 11) is -2.02. The maximum atomic E-state index is 16.1. The third-order valence-electron chi connectivity index (χ3n) is 7.50. The second kappa shape index (κ2) is 12.5. The van der Waals surface area contributed by atoms with Crippen LogP contribution in [0.25, 0.3) is 11.2 Å². The van der Waals surface area contributed by atoms with Crippen LogP contribution < -0.4 is 15.6 Å². The number of nitrogens with zero attached hydrogens (tertiary/aromatic N) is 5. The van der Waals surface area contributed by atoms with Crippen molar-refractivity contribution in [2.24, 2.45) is 0 Å². The number of hydrogen-bond donors (Lipinski definition) is 3. The standard InChI is InChI=1S/C26H35FN7O7P/c1-15(23(36)38-3)34(42(37)41-17-11-5-4-6-12-17)39-13-18-20(35)26(2,27)24(40-18)33-14-29-19-21(30-16-9-7-8-10-16)31-25(28)32-22(19)33/h4-6,11-12,14-16,18,20,24,35,42H,7-10,13H2,1-3H3,(H3,28,30,31,32)/t15-,18+,20+,24+,26+/m0/s1. The number of anilines is 2. The van der Waals surface area contributed by atoms with E-state index in [2.05, 4.69) is 20.3 Å². The average molecular weight is 608 g/mol. The van der Waals surface area contributed by atoms with Crippen molar-refractivity contribution in [1.82, 2.24) is 24.4 Å². The van der Waals surface area contributed by atoms with Crippen LogP contribution in [-0.2, 0) is 23.7 Å². The minimum Gasteiger partial charge on any atom is -0.468 e. The molecular weight excluding hydrogens is 572 g/mol. The Bertz CT molecular complexity index is 1420. The van der Waals surface area contributed by atoms with Crippen molar-refractivity contribution in [2.75, 3.05) is 24.8 Å². The van der Waals surface area contributed by atoms with Gasteiger partial charge in [-0.05, 0) is 38.8 Å². The third-order valence-corrected chi connectivity index (χ3v) is 8.79.